The number of carbonyl (C=O) groups is 1. The molecule has 1 fully saturated rings. The lowest BCUT2D eigenvalue weighted by Gasteiger charge is -2.18. The van der Waals surface area contributed by atoms with E-state index in [1.807, 2.05) is 49.3 Å². The van der Waals surface area contributed by atoms with E-state index in [4.69, 9.17) is 9.73 Å². The van der Waals surface area contributed by atoms with Crippen molar-refractivity contribution in [2.75, 3.05) is 32.6 Å². The van der Waals surface area contributed by atoms with Gasteiger partial charge >= 0.3 is 0 Å². The highest BCUT2D eigenvalue weighted by Gasteiger charge is 2.34. The number of aryl methyl sites for hydroxylation is 1. The number of aliphatic imine (C=N–C) groups is 1. The first-order valence-corrected chi connectivity index (χ1v) is 12.2. The van der Waals surface area contributed by atoms with E-state index in [1.165, 1.54) is 11.8 Å². The Kier molecular flexibility index (Phi) is 7.90. The van der Waals surface area contributed by atoms with E-state index < -0.39 is 0 Å². The minimum atomic E-state index is 0.0127. The molecule has 0 spiro atoms. The van der Waals surface area contributed by atoms with E-state index in [-0.39, 0.29) is 5.91 Å². The molecular weight excluding hydrogens is 430 g/mol. The second-order valence-corrected chi connectivity index (χ2v) is 10.3. The maximum absolute atomic E-state index is 13.4. The summed E-state index contributed by atoms with van der Waals surface area (Å²) in [6, 6.07) is 12.3. The van der Waals surface area contributed by atoms with Crippen molar-refractivity contribution < 1.29 is 9.53 Å². The van der Waals surface area contributed by atoms with Crippen molar-refractivity contribution >= 4 is 40.3 Å². The van der Waals surface area contributed by atoms with Crippen LogP contribution in [0.2, 0.25) is 0 Å². The molecule has 1 aliphatic heterocycles. The molecule has 0 unspecified atom stereocenters. The van der Waals surface area contributed by atoms with Gasteiger partial charge in [0, 0.05) is 26.3 Å². The van der Waals surface area contributed by atoms with Gasteiger partial charge in [0.1, 0.15) is 5.75 Å². The van der Waals surface area contributed by atoms with Crippen LogP contribution in [0.1, 0.15) is 50.3 Å². The molecule has 33 heavy (non-hydrogen) atoms. The van der Waals surface area contributed by atoms with Gasteiger partial charge in [-0.1, -0.05) is 27.7 Å². The number of benzene rings is 2. The molecule has 176 valence electrons. The van der Waals surface area contributed by atoms with Crippen LogP contribution >= 0.6 is 11.8 Å². The van der Waals surface area contributed by atoms with Crippen LogP contribution in [0.25, 0.3) is 6.08 Å². The van der Waals surface area contributed by atoms with Crippen LogP contribution in [0, 0.1) is 12.8 Å². The molecule has 1 aliphatic rings. The Bertz CT molecular complexity index is 1070. The summed E-state index contributed by atoms with van der Waals surface area (Å²) in [5.74, 6) is 1.56. The van der Waals surface area contributed by atoms with Crippen LogP contribution < -0.4 is 9.64 Å². The van der Waals surface area contributed by atoms with Crippen molar-refractivity contribution in [1.82, 2.24) is 4.90 Å². The Hall–Kier alpha value is -2.73. The van der Waals surface area contributed by atoms with Crippen LogP contribution in [0.4, 0.5) is 11.4 Å². The van der Waals surface area contributed by atoms with Crippen LogP contribution in [0.3, 0.4) is 0 Å². The molecule has 0 atom stereocenters. The molecule has 1 heterocycles. The average molecular weight is 466 g/mol. The SMILES string of the molecule is COc1cc(C)c(/C=C2\SC(=Nc3ccc(N(C)C)cc3)N(CC(C)C)C2=O)cc1C(C)C. The van der Waals surface area contributed by atoms with Gasteiger partial charge in [0.15, 0.2) is 5.17 Å². The lowest BCUT2D eigenvalue weighted by molar-refractivity contribution is -0.122. The van der Waals surface area contributed by atoms with Gasteiger partial charge in [-0.3, -0.25) is 9.69 Å². The summed E-state index contributed by atoms with van der Waals surface area (Å²) in [5.41, 5.74) is 5.21. The van der Waals surface area contributed by atoms with Gasteiger partial charge in [-0.15, -0.1) is 0 Å². The molecule has 1 amide bonds. The van der Waals surface area contributed by atoms with Crippen molar-refractivity contribution in [3.63, 3.8) is 0 Å². The van der Waals surface area contributed by atoms with E-state index in [0.717, 1.165) is 39.0 Å². The first-order chi connectivity index (χ1) is 15.6. The third-order valence-corrected chi connectivity index (χ3v) is 6.56. The Morgan fingerprint density at radius 3 is 2.33 bits per heavy atom. The van der Waals surface area contributed by atoms with Crippen LogP contribution in [0.15, 0.2) is 46.3 Å². The number of ether oxygens (including phenoxy) is 1. The molecule has 0 saturated carbocycles. The van der Waals surface area contributed by atoms with Gasteiger partial charge in [-0.05, 0) is 89.7 Å². The van der Waals surface area contributed by atoms with E-state index in [1.54, 1.807) is 7.11 Å². The Morgan fingerprint density at radius 1 is 1.12 bits per heavy atom. The number of anilines is 1. The predicted octanol–water partition coefficient (Wildman–Crippen LogP) is 6.45. The van der Waals surface area contributed by atoms with Gasteiger partial charge in [-0.25, -0.2) is 4.99 Å². The fraction of sp³-hybridized carbons (Fsp3) is 0.407. The van der Waals surface area contributed by atoms with Crippen molar-refractivity contribution in [1.29, 1.82) is 0 Å². The third kappa shape index (κ3) is 5.80. The molecule has 0 N–H and O–H groups in total. The van der Waals surface area contributed by atoms with E-state index in [0.29, 0.717) is 23.3 Å². The van der Waals surface area contributed by atoms with Crippen molar-refractivity contribution in [2.45, 2.75) is 40.5 Å². The molecule has 0 bridgehead atoms. The largest absolute Gasteiger partial charge is 0.496 e. The number of nitrogens with zero attached hydrogens (tertiary/aromatic N) is 3. The number of amides is 1. The van der Waals surface area contributed by atoms with Crippen LogP contribution in [0.5, 0.6) is 5.75 Å². The highest BCUT2D eigenvalue weighted by atomic mass is 32.2. The normalized spacial score (nSPS) is 16.5. The number of thioether (sulfide) groups is 1. The van der Waals surface area contributed by atoms with Crippen molar-refractivity contribution in [2.24, 2.45) is 10.9 Å². The Balaban J connectivity index is 2.00. The number of carbonyl (C=O) groups excluding carboxylic acids is 1. The number of hydrogen-bond acceptors (Lipinski definition) is 5. The molecule has 0 aliphatic carbocycles. The predicted molar refractivity (Wildman–Crippen MR) is 142 cm³/mol. The lowest BCUT2D eigenvalue weighted by Crippen LogP contribution is -2.32. The Labute approximate surface area is 202 Å². The molecule has 0 radical (unpaired) electrons. The quantitative estimate of drug-likeness (QED) is 0.441. The zero-order valence-corrected chi connectivity index (χ0v) is 21.8. The van der Waals surface area contributed by atoms with Crippen LogP contribution in [-0.2, 0) is 4.79 Å². The van der Waals surface area contributed by atoms with Gasteiger partial charge in [-0.2, -0.15) is 0 Å². The summed E-state index contributed by atoms with van der Waals surface area (Å²) in [6.45, 7) is 11.2. The number of hydrogen-bond donors (Lipinski definition) is 0. The third-order valence-electron chi connectivity index (χ3n) is 5.55. The molecule has 6 heteroatoms. The van der Waals surface area contributed by atoms with Crippen molar-refractivity contribution in [3.05, 3.63) is 58.0 Å². The first kappa shape index (κ1) is 24.9. The molecular formula is C27H35N3O2S. The monoisotopic (exact) mass is 465 g/mol. The van der Waals surface area contributed by atoms with E-state index in [2.05, 4.69) is 51.7 Å². The maximum Gasteiger partial charge on any atom is 0.266 e. The van der Waals surface area contributed by atoms with Crippen molar-refractivity contribution in [3.8, 4) is 5.75 Å². The number of rotatable bonds is 7. The fourth-order valence-corrected chi connectivity index (χ4v) is 4.69. The minimum Gasteiger partial charge on any atom is -0.496 e. The first-order valence-electron chi connectivity index (χ1n) is 11.4. The van der Waals surface area contributed by atoms with Gasteiger partial charge in [0.25, 0.3) is 5.91 Å². The summed E-state index contributed by atoms with van der Waals surface area (Å²) in [7, 11) is 5.73. The molecule has 2 aromatic rings. The molecule has 1 saturated heterocycles. The van der Waals surface area contributed by atoms with Gasteiger partial charge in [0.2, 0.25) is 0 Å². The highest BCUT2D eigenvalue weighted by Crippen LogP contribution is 2.37. The average Bonchev–Trinajstić information content (AvgIpc) is 3.03. The summed E-state index contributed by atoms with van der Waals surface area (Å²) >= 11 is 1.45. The topological polar surface area (TPSA) is 45.1 Å². The molecule has 5 nitrogen and oxygen atoms in total. The standard InChI is InChI=1S/C27H35N3O2S/c1-17(2)16-30-26(31)25(15-20-14-23(18(3)4)24(32-8)13-19(20)5)33-27(30)28-21-9-11-22(12-10-21)29(6)7/h9-15,17-18H,16H2,1-8H3/b25-15-,28-27?. The summed E-state index contributed by atoms with van der Waals surface area (Å²) < 4.78 is 5.58. The van der Waals surface area contributed by atoms with Gasteiger partial charge < -0.3 is 9.64 Å². The molecule has 3 rings (SSSR count). The molecule has 2 aromatic carbocycles. The lowest BCUT2D eigenvalue weighted by atomic mass is 9.96. The fourth-order valence-electron chi connectivity index (χ4n) is 3.69. The van der Waals surface area contributed by atoms with E-state index >= 15 is 0 Å². The molecule has 0 aromatic heterocycles. The van der Waals surface area contributed by atoms with Gasteiger partial charge in [0.05, 0.1) is 17.7 Å². The second kappa shape index (κ2) is 10.5. The van der Waals surface area contributed by atoms with E-state index in [9.17, 15) is 4.79 Å². The maximum atomic E-state index is 13.4. The Morgan fingerprint density at radius 2 is 1.79 bits per heavy atom. The second-order valence-electron chi connectivity index (χ2n) is 9.33. The number of amidine groups is 1. The smallest absolute Gasteiger partial charge is 0.266 e. The number of methoxy groups -OCH3 is 1. The minimum absolute atomic E-state index is 0.0127. The van der Waals surface area contributed by atoms with Crippen LogP contribution in [-0.4, -0.2) is 43.7 Å². The zero-order valence-electron chi connectivity index (χ0n) is 21.0. The summed E-state index contributed by atoms with van der Waals surface area (Å²) in [6.07, 6.45) is 2.00. The zero-order chi connectivity index (χ0) is 24.3. The summed E-state index contributed by atoms with van der Waals surface area (Å²) in [4.78, 5) is 22.8. The highest BCUT2D eigenvalue weighted by molar-refractivity contribution is 8.18. The summed E-state index contributed by atoms with van der Waals surface area (Å²) in [5, 5.41) is 0.729.